The molecule has 2 aromatic carbocycles. The Kier molecular flexibility index (Phi) is 8.11. The number of carbonyl (C=O) groups excluding carboxylic acids is 2. The SMILES string of the molecule is CCCCOC(=O)Nc1ccccc1NC(=O)c1ccc(-c2ncc(CO)cc2C#N)cc1. The summed E-state index contributed by atoms with van der Waals surface area (Å²) in [6, 6.07) is 17.2. The number of carbonyl (C=O) groups is 2. The zero-order valence-electron chi connectivity index (χ0n) is 18.2. The van der Waals surface area contributed by atoms with Crippen molar-refractivity contribution in [2.75, 3.05) is 17.2 Å². The van der Waals surface area contributed by atoms with E-state index in [2.05, 4.69) is 21.7 Å². The Labute approximate surface area is 191 Å². The molecule has 0 aliphatic rings. The van der Waals surface area contributed by atoms with Gasteiger partial charge in [0.25, 0.3) is 5.91 Å². The normalized spacial score (nSPS) is 10.2. The van der Waals surface area contributed by atoms with E-state index in [0.717, 1.165) is 12.8 Å². The number of nitriles is 1. The second-order valence-corrected chi connectivity index (χ2v) is 7.20. The fraction of sp³-hybridized carbons (Fsp3) is 0.200. The summed E-state index contributed by atoms with van der Waals surface area (Å²) in [4.78, 5) is 29.0. The Bertz CT molecular complexity index is 1170. The van der Waals surface area contributed by atoms with E-state index in [-0.39, 0.29) is 12.5 Å². The highest BCUT2D eigenvalue weighted by Gasteiger charge is 2.13. The van der Waals surface area contributed by atoms with Crippen LogP contribution in [-0.2, 0) is 11.3 Å². The van der Waals surface area contributed by atoms with Crippen molar-refractivity contribution in [1.29, 1.82) is 5.26 Å². The Balaban J connectivity index is 1.72. The second kappa shape index (κ2) is 11.4. The minimum atomic E-state index is -0.581. The van der Waals surface area contributed by atoms with Crippen molar-refractivity contribution in [2.24, 2.45) is 0 Å². The van der Waals surface area contributed by atoms with Gasteiger partial charge in [-0.25, -0.2) is 4.79 Å². The molecular formula is C25H24N4O4. The molecule has 1 heterocycles. The van der Waals surface area contributed by atoms with Crippen LogP contribution in [0.4, 0.5) is 16.2 Å². The van der Waals surface area contributed by atoms with Gasteiger partial charge in [-0.2, -0.15) is 5.26 Å². The van der Waals surface area contributed by atoms with Gasteiger partial charge < -0.3 is 15.2 Å². The number of aliphatic hydroxyl groups is 1. The third-order valence-electron chi connectivity index (χ3n) is 4.81. The molecule has 0 fully saturated rings. The van der Waals surface area contributed by atoms with Crippen LogP contribution >= 0.6 is 0 Å². The van der Waals surface area contributed by atoms with Crippen LogP contribution in [0.3, 0.4) is 0 Å². The summed E-state index contributed by atoms with van der Waals surface area (Å²) in [5.41, 5.74) is 3.28. The zero-order chi connectivity index (χ0) is 23.6. The molecular weight excluding hydrogens is 420 g/mol. The molecule has 2 amide bonds. The molecule has 8 heteroatoms. The molecule has 0 saturated carbocycles. The second-order valence-electron chi connectivity index (χ2n) is 7.20. The van der Waals surface area contributed by atoms with E-state index < -0.39 is 6.09 Å². The number of amides is 2. The number of para-hydroxylation sites is 2. The molecule has 0 aliphatic heterocycles. The number of nitrogens with zero attached hydrogens (tertiary/aromatic N) is 2. The van der Waals surface area contributed by atoms with E-state index in [1.165, 1.54) is 6.20 Å². The topological polar surface area (TPSA) is 124 Å². The molecule has 3 rings (SSSR count). The Morgan fingerprint density at radius 1 is 1.09 bits per heavy atom. The number of hydrogen-bond acceptors (Lipinski definition) is 6. The number of hydrogen-bond donors (Lipinski definition) is 3. The van der Waals surface area contributed by atoms with Gasteiger partial charge in [-0.15, -0.1) is 0 Å². The first-order chi connectivity index (χ1) is 16.0. The van der Waals surface area contributed by atoms with Crippen molar-refractivity contribution in [3.8, 4) is 17.3 Å². The Morgan fingerprint density at radius 3 is 2.42 bits per heavy atom. The molecule has 0 atom stereocenters. The number of nitrogens with one attached hydrogen (secondary N) is 2. The molecule has 1 aromatic heterocycles. The monoisotopic (exact) mass is 444 g/mol. The standard InChI is InChI=1S/C25H24N4O4/c1-2-3-12-33-25(32)29-22-7-5-4-6-21(22)28-24(31)19-10-8-18(9-11-19)23-20(14-26)13-17(16-30)15-27-23/h4-11,13,15,30H,2-3,12,16H2,1H3,(H,28,31)(H,29,32). The minimum absolute atomic E-state index is 0.201. The summed E-state index contributed by atoms with van der Waals surface area (Å²) in [5, 5.41) is 24.0. The van der Waals surface area contributed by atoms with E-state index in [1.54, 1.807) is 54.6 Å². The van der Waals surface area contributed by atoms with Gasteiger partial charge in [0.15, 0.2) is 0 Å². The lowest BCUT2D eigenvalue weighted by molar-refractivity contribution is 0.102. The molecule has 3 aromatic rings. The largest absolute Gasteiger partial charge is 0.449 e. The number of benzene rings is 2. The third-order valence-corrected chi connectivity index (χ3v) is 4.81. The fourth-order valence-electron chi connectivity index (χ4n) is 3.04. The van der Waals surface area contributed by atoms with Crippen molar-refractivity contribution in [2.45, 2.75) is 26.4 Å². The summed E-state index contributed by atoms with van der Waals surface area (Å²) in [5.74, 6) is -0.362. The average molecular weight is 444 g/mol. The molecule has 0 aliphatic carbocycles. The Hall–Kier alpha value is -4.22. The highest BCUT2D eigenvalue weighted by atomic mass is 16.5. The number of unbranched alkanes of at least 4 members (excludes halogenated alkanes) is 1. The van der Waals surface area contributed by atoms with E-state index in [0.29, 0.717) is 45.9 Å². The minimum Gasteiger partial charge on any atom is -0.449 e. The maximum absolute atomic E-state index is 12.8. The van der Waals surface area contributed by atoms with E-state index in [9.17, 15) is 20.0 Å². The van der Waals surface area contributed by atoms with Crippen molar-refractivity contribution in [3.63, 3.8) is 0 Å². The first kappa shape index (κ1) is 23.4. The van der Waals surface area contributed by atoms with Crippen LogP contribution in [0.15, 0.2) is 60.8 Å². The van der Waals surface area contributed by atoms with Gasteiger partial charge in [0.1, 0.15) is 6.07 Å². The van der Waals surface area contributed by atoms with Crippen molar-refractivity contribution in [3.05, 3.63) is 77.5 Å². The highest BCUT2D eigenvalue weighted by molar-refractivity contribution is 6.07. The molecule has 33 heavy (non-hydrogen) atoms. The number of aromatic nitrogens is 1. The smallest absolute Gasteiger partial charge is 0.411 e. The van der Waals surface area contributed by atoms with Crippen LogP contribution in [0.1, 0.15) is 41.3 Å². The number of aliphatic hydroxyl groups excluding tert-OH is 1. The molecule has 8 nitrogen and oxygen atoms in total. The van der Waals surface area contributed by atoms with Crippen molar-refractivity contribution >= 4 is 23.4 Å². The summed E-state index contributed by atoms with van der Waals surface area (Å²) in [7, 11) is 0. The number of pyridine rings is 1. The number of ether oxygens (including phenoxy) is 1. The van der Waals surface area contributed by atoms with Gasteiger partial charge in [0.05, 0.1) is 35.8 Å². The van der Waals surface area contributed by atoms with E-state index in [1.807, 2.05) is 6.92 Å². The van der Waals surface area contributed by atoms with Crippen LogP contribution in [0.5, 0.6) is 0 Å². The Morgan fingerprint density at radius 2 is 1.79 bits per heavy atom. The van der Waals surface area contributed by atoms with Crippen LogP contribution in [-0.4, -0.2) is 28.7 Å². The molecule has 0 spiro atoms. The van der Waals surface area contributed by atoms with Crippen LogP contribution in [0.2, 0.25) is 0 Å². The quantitative estimate of drug-likeness (QED) is 0.432. The first-order valence-electron chi connectivity index (χ1n) is 10.5. The van der Waals surface area contributed by atoms with Gasteiger partial charge >= 0.3 is 6.09 Å². The maximum Gasteiger partial charge on any atom is 0.411 e. The van der Waals surface area contributed by atoms with Gasteiger partial charge in [-0.3, -0.25) is 15.1 Å². The molecule has 0 unspecified atom stereocenters. The first-order valence-corrected chi connectivity index (χ1v) is 10.5. The summed E-state index contributed by atoms with van der Waals surface area (Å²) >= 11 is 0. The summed E-state index contributed by atoms with van der Waals surface area (Å²) in [6.45, 7) is 2.13. The molecule has 168 valence electrons. The molecule has 0 saturated heterocycles. The predicted molar refractivity (Wildman–Crippen MR) is 125 cm³/mol. The van der Waals surface area contributed by atoms with Crippen molar-refractivity contribution in [1.82, 2.24) is 4.98 Å². The van der Waals surface area contributed by atoms with Gasteiger partial charge in [0.2, 0.25) is 0 Å². The lowest BCUT2D eigenvalue weighted by atomic mass is 10.0. The van der Waals surface area contributed by atoms with E-state index in [4.69, 9.17) is 4.74 Å². The van der Waals surface area contributed by atoms with Crippen LogP contribution < -0.4 is 10.6 Å². The summed E-state index contributed by atoms with van der Waals surface area (Å²) < 4.78 is 5.11. The van der Waals surface area contributed by atoms with Crippen LogP contribution in [0, 0.1) is 11.3 Å². The number of anilines is 2. The average Bonchev–Trinajstić information content (AvgIpc) is 2.85. The predicted octanol–water partition coefficient (Wildman–Crippen LogP) is 4.71. The van der Waals surface area contributed by atoms with Gasteiger partial charge in [-0.05, 0) is 42.3 Å². The molecule has 3 N–H and O–H groups in total. The fourth-order valence-corrected chi connectivity index (χ4v) is 3.04. The zero-order valence-corrected chi connectivity index (χ0v) is 18.2. The number of rotatable bonds is 8. The lowest BCUT2D eigenvalue weighted by Gasteiger charge is -2.13. The van der Waals surface area contributed by atoms with Crippen molar-refractivity contribution < 1.29 is 19.4 Å². The summed E-state index contributed by atoms with van der Waals surface area (Å²) in [6.07, 6.45) is 2.62. The van der Waals surface area contributed by atoms with E-state index >= 15 is 0 Å². The molecule has 0 bridgehead atoms. The maximum atomic E-state index is 12.8. The third kappa shape index (κ3) is 6.15. The highest BCUT2D eigenvalue weighted by Crippen LogP contribution is 2.24. The van der Waals surface area contributed by atoms with Gasteiger partial charge in [0, 0.05) is 17.3 Å². The van der Waals surface area contributed by atoms with Gasteiger partial charge in [-0.1, -0.05) is 37.6 Å². The van der Waals surface area contributed by atoms with Crippen LogP contribution in [0.25, 0.3) is 11.3 Å². The molecule has 0 radical (unpaired) electrons. The lowest BCUT2D eigenvalue weighted by Crippen LogP contribution is -2.17.